The van der Waals surface area contributed by atoms with Gasteiger partial charge in [0.05, 0.1) is 34.3 Å². The second-order valence-corrected chi connectivity index (χ2v) is 9.06. The van der Waals surface area contributed by atoms with E-state index in [9.17, 15) is 28.1 Å². The van der Waals surface area contributed by atoms with Gasteiger partial charge in [-0.2, -0.15) is 4.31 Å². The molecule has 1 amide bonds. The number of morpholine rings is 1. The molecule has 3 N–H and O–H groups in total. The third-order valence-electron chi connectivity index (χ3n) is 4.86. The third kappa shape index (κ3) is 5.63. The Hall–Kier alpha value is -3.55. The number of hydrogen-bond donors (Lipinski definition) is 2. The van der Waals surface area contributed by atoms with Crippen LogP contribution in [-0.4, -0.2) is 62.4 Å². The number of carbonyl (C=O) groups excluding carboxylic acids is 2. The molecule has 3 rings (SSSR count). The van der Waals surface area contributed by atoms with Crippen LogP contribution in [0.2, 0.25) is 0 Å². The van der Waals surface area contributed by atoms with Crippen LogP contribution in [0.5, 0.6) is 0 Å². The molecule has 33 heavy (non-hydrogen) atoms. The first kappa shape index (κ1) is 24.1. The first-order valence-corrected chi connectivity index (χ1v) is 11.2. The normalized spacial score (nSPS) is 14.5. The van der Waals surface area contributed by atoms with E-state index < -0.39 is 33.4 Å². The van der Waals surface area contributed by atoms with Gasteiger partial charge in [0.25, 0.3) is 11.6 Å². The predicted molar refractivity (Wildman–Crippen MR) is 117 cm³/mol. The molecule has 0 radical (unpaired) electrons. The summed E-state index contributed by atoms with van der Waals surface area (Å²) in [5.74, 6) is -1.64. The fourth-order valence-corrected chi connectivity index (χ4v) is 4.80. The van der Waals surface area contributed by atoms with Crippen molar-refractivity contribution in [2.75, 3.05) is 44.0 Å². The Morgan fingerprint density at radius 3 is 2.55 bits per heavy atom. The summed E-state index contributed by atoms with van der Waals surface area (Å²) in [7, 11) is -3.77. The Kier molecular flexibility index (Phi) is 7.26. The number of benzene rings is 2. The standard InChI is InChI=1S/C20H22N4O8S/c1-13-2-3-14(10-18(13)33(29,30)23-6-8-31-9-7-23)22-19(25)12-32-20(26)16-5-4-15(24(27)28)11-17(16)21/h2-5,10-11H,6-9,12,21H2,1H3,(H,22,25). The Morgan fingerprint density at radius 2 is 1.91 bits per heavy atom. The molecule has 1 aliphatic heterocycles. The zero-order chi connectivity index (χ0) is 24.2. The van der Waals surface area contributed by atoms with Crippen molar-refractivity contribution in [3.8, 4) is 0 Å². The molecule has 0 bridgehead atoms. The molecule has 0 unspecified atom stereocenters. The second kappa shape index (κ2) is 9.94. The highest BCUT2D eigenvalue weighted by Crippen LogP contribution is 2.25. The monoisotopic (exact) mass is 478 g/mol. The number of nitrogens with one attached hydrogen (secondary N) is 1. The number of anilines is 2. The van der Waals surface area contributed by atoms with Crippen LogP contribution in [0.4, 0.5) is 17.1 Å². The lowest BCUT2D eigenvalue weighted by molar-refractivity contribution is -0.384. The van der Waals surface area contributed by atoms with E-state index in [0.717, 1.165) is 18.2 Å². The van der Waals surface area contributed by atoms with Gasteiger partial charge in [-0.25, -0.2) is 13.2 Å². The smallest absolute Gasteiger partial charge is 0.340 e. The molecule has 0 aliphatic carbocycles. The summed E-state index contributed by atoms with van der Waals surface area (Å²) in [6, 6.07) is 7.67. The van der Waals surface area contributed by atoms with E-state index in [2.05, 4.69) is 5.32 Å². The zero-order valence-electron chi connectivity index (χ0n) is 17.6. The quantitative estimate of drug-likeness (QED) is 0.257. The molecule has 1 saturated heterocycles. The van der Waals surface area contributed by atoms with Crippen LogP contribution >= 0.6 is 0 Å². The van der Waals surface area contributed by atoms with E-state index in [-0.39, 0.29) is 40.6 Å². The summed E-state index contributed by atoms with van der Waals surface area (Å²) in [5, 5.41) is 13.2. The number of non-ortho nitro benzene ring substituents is 1. The number of nitrogen functional groups attached to an aromatic ring is 1. The minimum Gasteiger partial charge on any atom is -0.452 e. The van der Waals surface area contributed by atoms with Gasteiger partial charge >= 0.3 is 5.97 Å². The number of ether oxygens (including phenoxy) is 2. The van der Waals surface area contributed by atoms with E-state index >= 15 is 0 Å². The molecule has 13 heteroatoms. The molecule has 12 nitrogen and oxygen atoms in total. The van der Waals surface area contributed by atoms with Gasteiger partial charge in [-0.1, -0.05) is 6.07 Å². The highest BCUT2D eigenvalue weighted by Gasteiger charge is 2.28. The van der Waals surface area contributed by atoms with Crippen molar-refractivity contribution < 1.29 is 32.4 Å². The second-order valence-electron chi connectivity index (χ2n) is 7.15. The maximum Gasteiger partial charge on any atom is 0.340 e. The van der Waals surface area contributed by atoms with Crippen molar-refractivity contribution in [1.29, 1.82) is 0 Å². The predicted octanol–water partition coefficient (Wildman–Crippen LogP) is 1.30. The van der Waals surface area contributed by atoms with Crippen molar-refractivity contribution >= 4 is 39.0 Å². The molecule has 1 aliphatic rings. The van der Waals surface area contributed by atoms with Gasteiger partial charge in [0.2, 0.25) is 10.0 Å². The lowest BCUT2D eigenvalue weighted by atomic mass is 10.1. The number of hydrogen-bond acceptors (Lipinski definition) is 9. The van der Waals surface area contributed by atoms with Crippen molar-refractivity contribution in [1.82, 2.24) is 4.31 Å². The van der Waals surface area contributed by atoms with Crippen LogP contribution in [0.1, 0.15) is 15.9 Å². The van der Waals surface area contributed by atoms with E-state index in [4.69, 9.17) is 15.2 Å². The third-order valence-corrected chi connectivity index (χ3v) is 6.90. The molecular weight excluding hydrogens is 456 g/mol. The molecule has 0 saturated carbocycles. The van der Waals surface area contributed by atoms with Crippen LogP contribution in [0.15, 0.2) is 41.3 Å². The lowest BCUT2D eigenvalue weighted by Gasteiger charge is -2.26. The average Bonchev–Trinajstić information content (AvgIpc) is 2.79. The van der Waals surface area contributed by atoms with E-state index in [1.807, 2.05) is 0 Å². The summed E-state index contributed by atoms with van der Waals surface area (Å²) < 4.78 is 37.3. The number of rotatable bonds is 7. The summed E-state index contributed by atoms with van der Waals surface area (Å²) >= 11 is 0. The number of amides is 1. The molecular formula is C20H22N4O8S. The number of carbonyl (C=O) groups is 2. The summed E-state index contributed by atoms with van der Waals surface area (Å²) in [6.07, 6.45) is 0. The molecule has 0 aromatic heterocycles. The van der Waals surface area contributed by atoms with Gasteiger partial charge in [0.15, 0.2) is 6.61 Å². The van der Waals surface area contributed by atoms with E-state index in [0.29, 0.717) is 18.8 Å². The minimum absolute atomic E-state index is 0.0536. The van der Waals surface area contributed by atoms with E-state index in [1.54, 1.807) is 13.0 Å². The Labute approximate surface area is 189 Å². The molecule has 1 fully saturated rings. The number of esters is 1. The summed E-state index contributed by atoms with van der Waals surface area (Å²) in [5.41, 5.74) is 5.80. The molecule has 176 valence electrons. The molecule has 2 aromatic carbocycles. The first-order valence-electron chi connectivity index (χ1n) is 9.79. The zero-order valence-corrected chi connectivity index (χ0v) is 18.5. The number of nitrogens with zero attached hydrogens (tertiary/aromatic N) is 2. The van der Waals surface area contributed by atoms with Gasteiger partial charge in [0.1, 0.15) is 0 Å². The Bertz CT molecular complexity index is 1190. The van der Waals surface area contributed by atoms with Crippen molar-refractivity contribution in [2.45, 2.75) is 11.8 Å². The first-order chi connectivity index (χ1) is 15.6. The Morgan fingerprint density at radius 1 is 1.21 bits per heavy atom. The SMILES string of the molecule is Cc1ccc(NC(=O)COC(=O)c2ccc([N+](=O)[O-])cc2N)cc1S(=O)(=O)N1CCOCC1. The minimum atomic E-state index is -3.77. The summed E-state index contributed by atoms with van der Waals surface area (Å²) in [4.78, 5) is 34.6. The largest absolute Gasteiger partial charge is 0.452 e. The fourth-order valence-electron chi connectivity index (χ4n) is 3.14. The highest BCUT2D eigenvalue weighted by atomic mass is 32.2. The van der Waals surface area contributed by atoms with E-state index in [1.165, 1.54) is 16.4 Å². The van der Waals surface area contributed by atoms with Crippen molar-refractivity contribution in [3.05, 3.63) is 57.6 Å². The van der Waals surface area contributed by atoms with Gasteiger partial charge in [-0.05, 0) is 30.7 Å². The molecule has 2 aromatic rings. The fraction of sp³-hybridized carbons (Fsp3) is 0.300. The van der Waals surface area contributed by atoms with Gasteiger partial charge in [0, 0.05) is 30.9 Å². The molecule has 1 heterocycles. The number of sulfonamides is 1. The Balaban J connectivity index is 1.65. The maximum absolute atomic E-state index is 13.0. The number of nitro benzene ring substituents is 1. The van der Waals surface area contributed by atoms with Crippen molar-refractivity contribution in [2.24, 2.45) is 0 Å². The van der Waals surface area contributed by atoms with Crippen LogP contribution in [0.25, 0.3) is 0 Å². The molecule has 0 spiro atoms. The number of aryl methyl sites for hydroxylation is 1. The topological polar surface area (TPSA) is 171 Å². The van der Waals surface area contributed by atoms with Crippen LogP contribution in [0.3, 0.4) is 0 Å². The van der Waals surface area contributed by atoms with Gasteiger partial charge < -0.3 is 20.5 Å². The van der Waals surface area contributed by atoms with Gasteiger partial charge in [-0.15, -0.1) is 0 Å². The van der Waals surface area contributed by atoms with Crippen molar-refractivity contribution in [3.63, 3.8) is 0 Å². The molecule has 0 atom stereocenters. The lowest BCUT2D eigenvalue weighted by Crippen LogP contribution is -2.40. The average molecular weight is 478 g/mol. The highest BCUT2D eigenvalue weighted by molar-refractivity contribution is 7.89. The van der Waals surface area contributed by atoms with Crippen LogP contribution in [0, 0.1) is 17.0 Å². The van der Waals surface area contributed by atoms with Crippen LogP contribution in [-0.2, 0) is 24.3 Å². The summed E-state index contributed by atoms with van der Waals surface area (Å²) in [6.45, 7) is 2.06. The maximum atomic E-state index is 13.0. The number of nitro groups is 1. The number of nitrogens with two attached hydrogens (primary N) is 1. The van der Waals surface area contributed by atoms with Gasteiger partial charge in [-0.3, -0.25) is 14.9 Å². The van der Waals surface area contributed by atoms with Crippen LogP contribution < -0.4 is 11.1 Å².